The molecule has 1 aromatic rings. The number of carbonyl (C=O) groups is 3. The summed E-state index contributed by atoms with van der Waals surface area (Å²) < 4.78 is 5.21. The maximum atomic E-state index is 12.7. The van der Waals surface area contributed by atoms with Gasteiger partial charge in [-0.25, -0.2) is 9.69 Å². The molecule has 0 spiro atoms. The molecule has 2 aliphatic heterocycles. The highest BCUT2D eigenvalue weighted by atomic mass is 16.5. The van der Waals surface area contributed by atoms with E-state index in [9.17, 15) is 14.4 Å². The summed E-state index contributed by atoms with van der Waals surface area (Å²) in [5.41, 5.74) is 1.32. The first-order valence-corrected chi connectivity index (χ1v) is 11.1. The zero-order chi connectivity index (χ0) is 21.1. The summed E-state index contributed by atoms with van der Waals surface area (Å²) in [5, 5.41) is 0. The van der Waals surface area contributed by atoms with Gasteiger partial charge in [-0.15, -0.1) is 0 Å². The number of carbonyl (C=O) groups excluding carboxylic acids is 3. The second-order valence-corrected chi connectivity index (χ2v) is 8.72. The van der Waals surface area contributed by atoms with E-state index < -0.39 is 17.8 Å². The molecule has 0 unspecified atom stereocenters. The Hall–Kier alpha value is -2.41. The molecule has 1 aromatic carbocycles. The fourth-order valence-corrected chi connectivity index (χ4v) is 4.91. The maximum absolute atomic E-state index is 12.7. The van der Waals surface area contributed by atoms with Gasteiger partial charge in [0, 0.05) is 19.1 Å². The number of piperidine rings is 1. The smallest absolute Gasteiger partial charge is 0.335 e. The highest BCUT2D eigenvalue weighted by Crippen LogP contribution is 2.29. The Balaban J connectivity index is 1.24. The van der Waals surface area contributed by atoms with E-state index >= 15 is 0 Å². The minimum atomic E-state index is -0.659. The molecule has 0 atom stereocenters. The molecule has 2 heterocycles. The lowest BCUT2D eigenvalue weighted by Gasteiger charge is -2.33. The molecule has 0 aromatic heterocycles. The minimum Gasteiger partial charge on any atom is -0.497 e. The van der Waals surface area contributed by atoms with Gasteiger partial charge < -0.3 is 4.74 Å². The molecule has 162 valence electrons. The number of likely N-dealkylation sites (tertiary alicyclic amines) is 1. The first-order chi connectivity index (χ1) is 14.6. The molecule has 0 radical (unpaired) electrons. The van der Waals surface area contributed by atoms with Crippen molar-refractivity contribution in [1.29, 1.82) is 0 Å². The number of benzene rings is 1. The van der Waals surface area contributed by atoms with E-state index in [1.165, 1.54) is 10.5 Å². The van der Waals surface area contributed by atoms with Gasteiger partial charge in [-0.2, -0.15) is 0 Å². The number of rotatable bonds is 7. The van der Waals surface area contributed by atoms with Crippen LogP contribution in [-0.2, 0) is 16.0 Å². The van der Waals surface area contributed by atoms with Crippen molar-refractivity contribution in [3.8, 4) is 5.75 Å². The Morgan fingerprint density at radius 1 is 0.933 bits per heavy atom. The fraction of sp³-hybridized carbons (Fsp3) is 0.609. The fourth-order valence-electron chi connectivity index (χ4n) is 4.91. The molecule has 7 nitrogen and oxygen atoms in total. The third-order valence-electron chi connectivity index (χ3n) is 6.82. The number of amides is 4. The van der Waals surface area contributed by atoms with Crippen LogP contribution in [0, 0.1) is 5.92 Å². The first-order valence-electron chi connectivity index (χ1n) is 11.1. The Morgan fingerprint density at radius 2 is 1.60 bits per heavy atom. The third-order valence-corrected chi connectivity index (χ3v) is 6.82. The summed E-state index contributed by atoms with van der Waals surface area (Å²) in [7, 11) is 1.67. The van der Waals surface area contributed by atoms with Crippen LogP contribution in [0.25, 0.3) is 0 Å². The number of ether oxygens (including phenoxy) is 1. The highest BCUT2D eigenvalue weighted by Gasteiger charge is 2.48. The minimum absolute atomic E-state index is 0.0948. The molecule has 30 heavy (non-hydrogen) atoms. The molecule has 4 amide bonds. The SMILES string of the molecule is COc1ccc(CCC2CCN(CN3C(=O)C(=O)N(C4CCCC4)C3=O)CC2)cc1. The summed E-state index contributed by atoms with van der Waals surface area (Å²) in [6.45, 7) is 1.93. The van der Waals surface area contributed by atoms with Crippen LogP contribution in [0.3, 0.4) is 0 Å². The largest absolute Gasteiger partial charge is 0.497 e. The van der Waals surface area contributed by atoms with E-state index in [0.29, 0.717) is 5.92 Å². The lowest BCUT2D eigenvalue weighted by atomic mass is 9.90. The van der Waals surface area contributed by atoms with Crippen molar-refractivity contribution in [1.82, 2.24) is 14.7 Å². The summed E-state index contributed by atoms with van der Waals surface area (Å²) in [5.74, 6) is 0.225. The average molecular weight is 414 g/mol. The molecule has 0 bridgehead atoms. The monoisotopic (exact) mass is 413 g/mol. The Morgan fingerprint density at radius 3 is 2.23 bits per heavy atom. The van der Waals surface area contributed by atoms with E-state index in [0.717, 1.165) is 75.1 Å². The van der Waals surface area contributed by atoms with Crippen molar-refractivity contribution in [3.05, 3.63) is 29.8 Å². The van der Waals surface area contributed by atoms with E-state index in [-0.39, 0.29) is 12.7 Å². The van der Waals surface area contributed by atoms with Crippen molar-refractivity contribution in [2.75, 3.05) is 26.9 Å². The Kier molecular flexibility index (Phi) is 6.37. The van der Waals surface area contributed by atoms with E-state index in [4.69, 9.17) is 4.74 Å². The number of hydrogen-bond donors (Lipinski definition) is 0. The molecule has 4 rings (SSSR count). The molecule has 1 aliphatic carbocycles. The van der Waals surface area contributed by atoms with E-state index in [1.54, 1.807) is 7.11 Å². The summed E-state index contributed by atoms with van der Waals surface area (Å²) in [4.78, 5) is 42.0. The predicted octanol–water partition coefficient (Wildman–Crippen LogP) is 3.03. The number of urea groups is 1. The van der Waals surface area contributed by atoms with Crippen molar-refractivity contribution >= 4 is 17.8 Å². The molecule has 1 saturated carbocycles. The molecule has 3 fully saturated rings. The van der Waals surface area contributed by atoms with Gasteiger partial charge in [0.2, 0.25) is 0 Å². The Labute approximate surface area is 177 Å². The van der Waals surface area contributed by atoms with Gasteiger partial charge in [0.1, 0.15) is 5.75 Å². The standard InChI is InChI=1S/C23H31N3O4/c1-30-20-10-8-17(9-11-20)6-7-18-12-14-24(15-13-18)16-25-21(27)22(28)26(23(25)29)19-4-2-3-5-19/h8-11,18-19H,2-7,12-16H2,1H3. The van der Waals surface area contributed by atoms with Gasteiger partial charge in [0.15, 0.2) is 0 Å². The molecular weight excluding hydrogens is 382 g/mol. The van der Waals surface area contributed by atoms with Crippen molar-refractivity contribution < 1.29 is 19.1 Å². The van der Waals surface area contributed by atoms with Gasteiger partial charge in [0.05, 0.1) is 13.8 Å². The van der Waals surface area contributed by atoms with Gasteiger partial charge in [0.25, 0.3) is 0 Å². The molecule has 0 N–H and O–H groups in total. The number of nitrogens with zero attached hydrogens (tertiary/aromatic N) is 3. The van der Waals surface area contributed by atoms with Crippen LogP contribution in [0.4, 0.5) is 4.79 Å². The van der Waals surface area contributed by atoms with Crippen LogP contribution < -0.4 is 4.74 Å². The number of hydrogen-bond acceptors (Lipinski definition) is 5. The Bertz CT molecular complexity index is 780. The van der Waals surface area contributed by atoms with Gasteiger partial charge in [-0.1, -0.05) is 25.0 Å². The number of methoxy groups -OCH3 is 1. The topological polar surface area (TPSA) is 70.2 Å². The third kappa shape index (κ3) is 4.36. The molecular formula is C23H31N3O4. The van der Waals surface area contributed by atoms with Crippen LogP contribution >= 0.6 is 0 Å². The highest BCUT2D eigenvalue weighted by molar-refractivity contribution is 6.44. The summed E-state index contributed by atoms with van der Waals surface area (Å²) >= 11 is 0. The normalized spacial score (nSPS) is 21.8. The summed E-state index contributed by atoms with van der Waals surface area (Å²) in [6.07, 6.45) is 7.94. The van der Waals surface area contributed by atoms with Crippen LogP contribution in [-0.4, -0.2) is 65.5 Å². The van der Waals surface area contributed by atoms with Crippen molar-refractivity contribution in [2.45, 2.75) is 57.4 Å². The van der Waals surface area contributed by atoms with Crippen LogP contribution in [0.5, 0.6) is 5.75 Å². The van der Waals surface area contributed by atoms with E-state index in [2.05, 4.69) is 17.0 Å². The molecule has 7 heteroatoms. The lowest BCUT2D eigenvalue weighted by molar-refractivity contribution is -0.144. The van der Waals surface area contributed by atoms with E-state index in [1.807, 2.05) is 12.1 Å². The zero-order valence-electron chi connectivity index (χ0n) is 17.7. The van der Waals surface area contributed by atoms with Gasteiger partial charge >= 0.3 is 17.8 Å². The van der Waals surface area contributed by atoms with Crippen molar-refractivity contribution in [3.63, 3.8) is 0 Å². The molecule has 3 aliphatic rings. The summed E-state index contributed by atoms with van der Waals surface area (Å²) in [6, 6.07) is 7.72. The van der Waals surface area contributed by atoms with Gasteiger partial charge in [-0.3, -0.25) is 19.4 Å². The average Bonchev–Trinajstić information content (AvgIpc) is 3.37. The zero-order valence-corrected chi connectivity index (χ0v) is 17.7. The van der Waals surface area contributed by atoms with Crippen LogP contribution in [0.1, 0.15) is 50.5 Å². The number of imide groups is 2. The second-order valence-electron chi connectivity index (χ2n) is 8.72. The first kappa shape index (κ1) is 20.8. The van der Waals surface area contributed by atoms with Crippen molar-refractivity contribution in [2.24, 2.45) is 5.92 Å². The van der Waals surface area contributed by atoms with Crippen LogP contribution in [0.15, 0.2) is 24.3 Å². The second kappa shape index (κ2) is 9.16. The maximum Gasteiger partial charge on any atom is 0.335 e. The van der Waals surface area contributed by atoms with Crippen LogP contribution in [0.2, 0.25) is 0 Å². The lowest BCUT2D eigenvalue weighted by Crippen LogP contribution is -2.46. The predicted molar refractivity (Wildman–Crippen MR) is 112 cm³/mol. The quantitative estimate of drug-likeness (QED) is 0.508. The van der Waals surface area contributed by atoms with Gasteiger partial charge in [-0.05, 0) is 62.1 Å². The molecule has 2 saturated heterocycles. The number of aryl methyl sites for hydroxylation is 1.